The highest BCUT2D eigenvalue weighted by molar-refractivity contribution is 5.78. The van der Waals surface area contributed by atoms with E-state index in [-0.39, 0.29) is 6.17 Å². The summed E-state index contributed by atoms with van der Waals surface area (Å²) in [5.74, 6) is 0. The molecule has 0 atom stereocenters. The van der Waals surface area contributed by atoms with Gasteiger partial charge in [-0.15, -0.1) is 0 Å². The van der Waals surface area contributed by atoms with Crippen LogP contribution in [0.1, 0.15) is 45.2 Å². The van der Waals surface area contributed by atoms with Crippen molar-refractivity contribution in [1.29, 1.82) is 0 Å². The lowest BCUT2D eigenvalue weighted by molar-refractivity contribution is 0.412. The topological polar surface area (TPSA) is 48.5 Å². The first-order valence-corrected chi connectivity index (χ1v) is 13.4. The smallest absolute Gasteiger partial charge is 0.185 e. The Balaban J connectivity index is 1.50. The van der Waals surface area contributed by atoms with E-state index in [0.717, 1.165) is 28.0 Å². The lowest BCUT2D eigenvalue weighted by Gasteiger charge is -2.19. The predicted octanol–water partition coefficient (Wildman–Crippen LogP) is 7.91. The van der Waals surface area contributed by atoms with E-state index in [1.807, 2.05) is 33.9 Å². The molecular weight excluding hydrogens is 478 g/mol. The van der Waals surface area contributed by atoms with Gasteiger partial charge in [0.05, 0.1) is 22.6 Å². The fourth-order valence-corrected chi connectivity index (χ4v) is 6.00. The third kappa shape index (κ3) is 4.54. The Morgan fingerprint density at radius 1 is 0.564 bits per heavy atom. The molecule has 0 unspecified atom stereocenters. The van der Waals surface area contributed by atoms with Crippen molar-refractivity contribution in [2.45, 2.75) is 47.7 Å². The Labute approximate surface area is 229 Å². The van der Waals surface area contributed by atoms with Gasteiger partial charge in [-0.25, -0.2) is 14.3 Å². The van der Waals surface area contributed by atoms with Crippen molar-refractivity contribution in [3.63, 3.8) is 0 Å². The molecule has 3 aromatic heterocycles. The van der Waals surface area contributed by atoms with Gasteiger partial charge in [-0.05, 0) is 88.1 Å². The van der Waals surface area contributed by atoms with Crippen LogP contribution >= 0.6 is 0 Å². The standard InChI is InChI=1S/C34H33N5/c1-21-17-23(3)32(24(4)18-21)29-13-15-38(36-29)34(31-12-11-27-9-7-8-10-28(27)35-31)39-16-14-30(37-39)33-25(5)19-22(2)20-26(33)6/h7-20,34H,1-6H3. The van der Waals surface area contributed by atoms with E-state index in [1.54, 1.807) is 0 Å². The summed E-state index contributed by atoms with van der Waals surface area (Å²) in [7, 11) is 0. The first-order valence-electron chi connectivity index (χ1n) is 13.4. The summed E-state index contributed by atoms with van der Waals surface area (Å²) in [4.78, 5) is 5.06. The maximum atomic E-state index is 5.11. The number of hydrogen-bond donors (Lipinski definition) is 0. The largest absolute Gasteiger partial charge is 0.248 e. The monoisotopic (exact) mass is 511 g/mol. The van der Waals surface area contributed by atoms with Crippen LogP contribution in [0.2, 0.25) is 0 Å². The van der Waals surface area contributed by atoms with Crippen LogP contribution in [0, 0.1) is 41.5 Å². The molecule has 0 radical (unpaired) electrons. The molecule has 0 fully saturated rings. The van der Waals surface area contributed by atoms with E-state index in [2.05, 4.69) is 102 Å². The molecule has 6 rings (SSSR count). The summed E-state index contributed by atoms with van der Waals surface area (Å²) < 4.78 is 3.97. The van der Waals surface area contributed by atoms with Crippen LogP contribution in [-0.2, 0) is 0 Å². The molecule has 0 N–H and O–H groups in total. The second kappa shape index (κ2) is 9.66. The minimum absolute atomic E-state index is 0.339. The highest BCUT2D eigenvalue weighted by Crippen LogP contribution is 2.31. The van der Waals surface area contributed by atoms with E-state index in [0.29, 0.717) is 0 Å². The van der Waals surface area contributed by atoms with Crippen LogP contribution in [0.4, 0.5) is 0 Å². The molecule has 5 heteroatoms. The van der Waals surface area contributed by atoms with Crippen molar-refractivity contribution >= 4 is 10.9 Å². The summed E-state index contributed by atoms with van der Waals surface area (Å²) in [5, 5.41) is 11.3. The molecule has 0 spiro atoms. The second-order valence-electron chi connectivity index (χ2n) is 10.7. The number of para-hydroxylation sites is 1. The number of rotatable bonds is 5. The van der Waals surface area contributed by atoms with Gasteiger partial charge in [-0.1, -0.05) is 59.7 Å². The third-order valence-corrected chi connectivity index (χ3v) is 7.47. The predicted molar refractivity (Wildman–Crippen MR) is 159 cm³/mol. The first kappa shape index (κ1) is 24.8. The zero-order chi connectivity index (χ0) is 27.3. The quantitative estimate of drug-likeness (QED) is 0.236. The van der Waals surface area contributed by atoms with E-state index in [1.165, 1.54) is 44.5 Å². The highest BCUT2D eigenvalue weighted by Gasteiger charge is 2.22. The van der Waals surface area contributed by atoms with Crippen molar-refractivity contribution < 1.29 is 0 Å². The van der Waals surface area contributed by atoms with Crippen LogP contribution in [0.25, 0.3) is 33.4 Å². The number of aromatic nitrogens is 5. The molecule has 0 saturated carbocycles. The van der Waals surface area contributed by atoms with Gasteiger partial charge >= 0.3 is 0 Å². The summed E-state index contributed by atoms with van der Waals surface area (Å²) in [6.45, 7) is 12.9. The lowest BCUT2D eigenvalue weighted by Crippen LogP contribution is -2.22. The minimum atomic E-state index is -0.339. The highest BCUT2D eigenvalue weighted by atomic mass is 15.4. The minimum Gasteiger partial charge on any atom is -0.248 e. The SMILES string of the molecule is Cc1cc(C)c(-c2ccn(C(c3ccc4ccccc4n3)n3ccc(-c4c(C)cc(C)cc4C)n3)n2)c(C)c1. The maximum Gasteiger partial charge on any atom is 0.185 e. The number of aryl methyl sites for hydroxylation is 6. The Kier molecular flexibility index (Phi) is 6.15. The Morgan fingerprint density at radius 2 is 1.05 bits per heavy atom. The molecule has 0 bridgehead atoms. The average molecular weight is 512 g/mol. The Hall–Kier alpha value is -4.51. The third-order valence-electron chi connectivity index (χ3n) is 7.47. The van der Waals surface area contributed by atoms with Crippen molar-refractivity contribution in [3.8, 4) is 22.5 Å². The molecule has 3 heterocycles. The van der Waals surface area contributed by atoms with Crippen LogP contribution < -0.4 is 0 Å². The molecule has 0 aliphatic rings. The molecule has 39 heavy (non-hydrogen) atoms. The number of hydrogen-bond acceptors (Lipinski definition) is 3. The van der Waals surface area contributed by atoms with Crippen LogP contribution in [-0.4, -0.2) is 24.5 Å². The van der Waals surface area contributed by atoms with E-state index >= 15 is 0 Å². The Morgan fingerprint density at radius 3 is 1.56 bits per heavy atom. The van der Waals surface area contributed by atoms with Crippen molar-refractivity contribution in [2.75, 3.05) is 0 Å². The van der Waals surface area contributed by atoms with E-state index in [9.17, 15) is 0 Å². The van der Waals surface area contributed by atoms with Crippen molar-refractivity contribution in [3.05, 3.63) is 124 Å². The number of fused-ring (bicyclic) bond motifs is 1. The molecular formula is C34H33N5. The molecule has 0 saturated heterocycles. The molecule has 194 valence electrons. The molecule has 5 nitrogen and oxygen atoms in total. The van der Waals surface area contributed by atoms with Gasteiger partial charge in [-0.3, -0.25) is 0 Å². The fraction of sp³-hybridized carbons (Fsp3) is 0.206. The van der Waals surface area contributed by atoms with Crippen LogP contribution in [0.15, 0.2) is 85.2 Å². The molecule has 0 aliphatic heterocycles. The molecule has 6 aromatic rings. The van der Waals surface area contributed by atoms with Crippen LogP contribution in [0.5, 0.6) is 0 Å². The number of pyridine rings is 1. The van der Waals surface area contributed by atoms with Crippen molar-refractivity contribution in [1.82, 2.24) is 24.5 Å². The Bertz CT molecular complexity index is 1700. The van der Waals surface area contributed by atoms with Gasteiger partial charge in [0.1, 0.15) is 0 Å². The van der Waals surface area contributed by atoms with E-state index in [4.69, 9.17) is 15.2 Å². The van der Waals surface area contributed by atoms with Crippen LogP contribution in [0.3, 0.4) is 0 Å². The van der Waals surface area contributed by atoms with Gasteiger partial charge in [0, 0.05) is 28.9 Å². The maximum absolute atomic E-state index is 5.11. The average Bonchev–Trinajstić information content (AvgIpc) is 3.54. The zero-order valence-corrected chi connectivity index (χ0v) is 23.4. The fourth-order valence-electron chi connectivity index (χ4n) is 6.00. The molecule has 0 amide bonds. The van der Waals surface area contributed by atoms with Gasteiger partial charge in [0.2, 0.25) is 0 Å². The summed E-state index contributed by atoms with van der Waals surface area (Å²) in [6, 6.07) is 25.5. The first-order chi connectivity index (χ1) is 18.8. The van der Waals surface area contributed by atoms with Gasteiger partial charge < -0.3 is 0 Å². The van der Waals surface area contributed by atoms with Crippen molar-refractivity contribution in [2.24, 2.45) is 0 Å². The normalized spacial score (nSPS) is 11.6. The summed E-state index contributed by atoms with van der Waals surface area (Å²) >= 11 is 0. The second-order valence-corrected chi connectivity index (χ2v) is 10.7. The van der Waals surface area contributed by atoms with E-state index < -0.39 is 0 Å². The lowest BCUT2D eigenvalue weighted by atomic mass is 9.98. The van der Waals surface area contributed by atoms with Gasteiger partial charge in [0.15, 0.2) is 6.17 Å². The number of benzene rings is 3. The summed E-state index contributed by atoms with van der Waals surface area (Å²) in [6.07, 6.45) is 3.74. The molecule has 0 aliphatic carbocycles. The van der Waals surface area contributed by atoms with Gasteiger partial charge in [0.25, 0.3) is 0 Å². The summed E-state index contributed by atoms with van der Waals surface area (Å²) in [5.41, 5.74) is 13.5. The number of nitrogens with zero attached hydrogens (tertiary/aromatic N) is 5. The zero-order valence-electron chi connectivity index (χ0n) is 23.4. The molecule has 3 aromatic carbocycles. The van der Waals surface area contributed by atoms with Gasteiger partial charge in [-0.2, -0.15) is 10.2 Å².